The van der Waals surface area contributed by atoms with E-state index in [0.29, 0.717) is 6.61 Å². The first kappa shape index (κ1) is 12.1. The Balaban J connectivity index is 1.79. The Morgan fingerprint density at radius 1 is 1.29 bits per heavy atom. The van der Waals surface area contributed by atoms with Gasteiger partial charge in [0.2, 0.25) is 0 Å². The minimum atomic E-state index is -0.248. The molecule has 1 fully saturated rings. The monoisotopic (exact) mass is 233 g/mol. The van der Waals surface area contributed by atoms with Gasteiger partial charge in [0, 0.05) is 0 Å². The highest BCUT2D eigenvalue weighted by Crippen LogP contribution is 2.18. The summed E-state index contributed by atoms with van der Waals surface area (Å²) in [4.78, 5) is 11.4. The third kappa shape index (κ3) is 3.07. The van der Waals surface area contributed by atoms with Gasteiger partial charge in [0.25, 0.3) is 5.91 Å². The SMILES string of the molecule is CCCC[C@@H]1NC(=O)[C@@H]1OCc1ccccc1. The molecule has 0 radical (unpaired) electrons. The summed E-state index contributed by atoms with van der Waals surface area (Å²) in [5.74, 6) is 0.0297. The molecule has 0 bridgehead atoms. The molecule has 3 nitrogen and oxygen atoms in total. The second-order valence-corrected chi connectivity index (χ2v) is 4.47. The standard InChI is InChI=1S/C14H19NO2/c1-2-3-9-12-13(14(16)15-12)17-10-11-7-5-4-6-8-11/h4-8,12-13H,2-3,9-10H2,1H3,(H,15,16)/t12-,13+/m0/s1. The molecule has 1 N–H and O–H groups in total. The predicted molar refractivity (Wildman–Crippen MR) is 66.5 cm³/mol. The smallest absolute Gasteiger partial charge is 0.251 e. The van der Waals surface area contributed by atoms with E-state index in [9.17, 15) is 4.79 Å². The third-order valence-electron chi connectivity index (χ3n) is 3.09. The summed E-state index contributed by atoms with van der Waals surface area (Å²) in [5.41, 5.74) is 1.11. The Morgan fingerprint density at radius 2 is 2.06 bits per heavy atom. The van der Waals surface area contributed by atoms with Crippen molar-refractivity contribution >= 4 is 5.91 Å². The fourth-order valence-corrected chi connectivity index (χ4v) is 2.03. The molecule has 1 aromatic carbocycles. The summed E-state index contributed by atoms with van der Waals surface area (Å²) in [6.45, 7) is 2.67. The minimum absolute atomic E-state index is 0.0297. The molecule has 1 amide bonds. The van der Waals surface area contributed by atoms with E-state index in [1.807, 2.05) is 30.3 Å². The average Bonchev–Trinajstić information content (AvgIpc) is 2.35. The van der Waals surface area contributed by atoms with Crippen LogP contribution in [0.1, 0.15) is 31.7 Å². The van der Waals surface area contributed by atoms with Gasteiger partial charge >= 0.3 is 0 Å². The number of amides is 1. The molecule has 0 aromatic heterocycles. The molecular weight excluding hydrogens is 214 g/mol. The van der Waals surface area contributed by atoms with Crippen molar-refractivity contribution in [2.75, 3.05) is 0 Å². The molecule has 3 heteroatoms. The van der Waals surface area contributed by atoms with E-state index < -0.39 is 0 Å². The van der Waals surface area contributed by atoms with E-state index in [0.717, 1.165) is 24.8 Å². The molecule has 0 aliphatic carbocycles. The van der Waals surface area contributed by atoms with E-state index in [1.54, 1.807) is 0 Å². The van der Waals surface area contributed by atoms with Crippen molar-refractivity contribution < 1.29 is 9.53 Å². The highest BCUT2D eigenvalue weighted by Gasteiger charge is 2.39. The van der Waals surface area contributed by atoms with Crippen LogP contribution in [0, 0.1) is 0 Å². The molecule has 92 valence electrons. The van der Waals surface area contributed by atoms with Gasteiger partial charge in [-0.3, -0.25) is 4.79 Å². The van der Waals surface area contributed by atoms with Gasteiger partial charge in [-0.05, 0) is 12.0 Å². The first-order valence-electron chi connectivity index (χ1n) is 6.27. The van der Waals surface area contributed by atoms with Crippen LogP contribution in [0.2, 0.25) is 0 Å². The molecule has 1 aliphatic heterocycles. The molecular formula is C14H19NO2. The number of ether oxygens (including phenoxy) is 1. The van der Waals surface area contributed by atoms with Crippen LogP contribution >= 0.6 is 0 Å². The van der Waals surface area contributed by atoms with Gasteiger partial charge in [0.05, 0.1) is 12.6 Å². The Hall–Kier alpha value is -1.35. The number of hydrogen-bond donors (Lipinski definition) is 1. The van der Waals surface area contributed by atoms with E-state index in [4.69, 9.17) is 4.74 Å². The maximum absolute atomic E-state index is 11.4. The van der Waals surface area contributed by atoms with Crippen LogP contribution in [0.15, 0.2) is 30.3 Å². The Kier molecular flexibility index (Phi) is 4.15. The van der Waals surface area contributed by atoms with Crippen molar-refractivity contribution in [3.05, 3.63) is 35.9 Å². The third-order valence-corrected chi connectivity index (χ3v) is 3.09. The van der Waals surface area contributed by atoms with Crippen molar-refractivity contribution in [3.63, 3.8) is 0 Å². The summed E-state index contributed by atoms with van der Waals surface area (Å²) in [6, 6.07) is 10.2. The second-order valence-electron chi connectivity index (χ2n) is 4.47. The van der Waals surface area contributed by atoms with E-state index in [1.165, 1.54) is 0 Å². The first-order chi connectivity index (χ1) is 8.31. The minimum Gasteiger partial charge on any atom is -0.362 e. The Morgan fingerprint density at radius 3 is 2.71 bits per heavy atom. The number of rotatable bonds is 6. The van der Waals surface area contributed by atoms with Crippen LogP contribution in [0.25, 0.3) is 0 Å². The predicted octanol–water partition coefficient (Wildman–Crippen LogP) is 2.26. The van der Waals surface area contributed by atoms with Crippen LogP contribution < -0.4 is 5.32 Å². The molecule has 1 saturated heterocycles. The molecule has 0 saturated carbocycles. The number of carbonyl (C=O) groups excluding carboxylic acids is 1. The zero-order valence-corrected chi connectivity index (χ0v) is 10.2. The average molecular weight is 233 g/mol. The summed E-state index contributed by atoms with van der Waals surface area (Å²) >= 11 is 0. The van der Waals surface area contributed by atoms with Gasteiger partial charge in [-0.25, -0.2) is 0 Å². The van der Waals surface area contributed by atoms with E-state index in [-0.39, 0.29) is 18.1 Å². The summed E-state index contributed by atoms with van der Waals surface area (Å²) in [5, 5.41) is 2.90. The Bertz CT molecular complexity index is 364. The molecule has 2 rings (SSSR count). The summed E-state index contributed by atoms with van der Waals surface area (Å²) < 4.78 is 5.67. The zero-order valence-electron chi connectivity index (χ0n) is 10.2. The number of unbranched alkanes of at least 4 members (excludes halogenated alkanes) is 1. The molecule has 1 aliphatic rings. The van der Waals surface area contributed by atoms with Crippen molar-refractivity contribution in [1.82, 2.24) is 5.32 Å². The molecule has 0 spiro atoms. The van der Waals surface area contributed by atoms with Gasteiger partial charge in [-0.15, -0.1) is 0 Å². The highest BCUT2D eigenvalue weighted by atomic mass is 16.5. The maximum Gasteiger partial charge on any atom is 0.251 e. The lowest BCUT2D eigenvalue weighted by molar-refractivity contribution is -0.150. The van der Waals surface area contributed by atoms with Crippen LogP contribution in [0.5, 0.6) is 0 Å². The molecule has 1 heterocycles. The van der Waals surface area contributed by atoms with Crippen molar-refractivity contribution in [3.8, 4) is 0 Å². The number of carbonyl (C=O) groups is 1. The number of nitrogens with one attached hydrogen (secondary N) is 1. The number of benzene rings is 1. The van der Waals surface area contributed by atoms with Crippen LogP contribution in [0.3, 0.4) is 0 Å². The van der Waals surface area contributed by atoms with Crippen LogP contribution in [-0.2, 0) is 16.1 Å². The van der Waals surface area contributed by atoms with Crippen LogP contribution in [0.4, 0.5) is 0 Å². The van der Waals surface area contributed by atoms with Crippen molar-refractivity contribution in [2.24, 2.45) is 0 Å². The number of hydrogen-bond acceptors (Lipinski definition) is 2. The zero-order chi connectivity index (χ0) is 12.1. The van der Waals surface area contributed by atoms with Gasteiger partial charge in [-0.2, -0.15) is 0 Å². The normalized spacial score (nSPS) is 23.0. The summed E-state index contributed by atoms with van der Waals surface area (Å²) in [7, 11) is 0. The summed E-state index contributed by atoms with van der Waals surface area (Å²) in [6.07, 6.45) is 3.05. The fourth-order valence-electron chi connectivity index (χ4n) is 2.03. The topological polar surface area (TPSA) is 38.3 Å². The first-order valence-corrected chi connectivity index (χ1v) is 6.27. The van der Waals surface area contributed by atoms with Crippen molar-refractivity contribution in [1.29, 1.82) is 0 Å². The van der Waals surface area contributed by atoms with E-state index >= 15 is 0 Å². The maximum atomic E-state index is 11.4. The van der Waals surface area contributed by atoms with E-state index in [2.05, 4.69) is 12.2 Å². The Labute approximate surface area is 102 Å². The van der Waals surface area contributed by atoms with Gasteiger partial charge < -0.3 is 10.1 Å². The molecule has 0 unspecified atom stereocenters. The lowest BCUT2D eigenvalue weighted by atomic mass is 9.96. The lowest BCUT2D eigenvalue weighted by Gasteiger charge is -2.36. The van der Waals surface area contributed by atoms with Gasteiger partial charge in [-0.1, -0.05) is 50.1 Å². The quantitative estimate of drug-likeness (QED) is 0.765. The highest BCUT2D eigenvalue weighted by molar-refractivity contribution is 5.88. The molecule has 17 heavy (non-hydrogen) atoms. The number of β-lactam (4-membered cyclic amide) rings is 1. The van der Waals surface area contributed by atoms with Crippen LogP contribution in [-0.4, -0.2) is 18.1 Å². The fraction of sp³-hybridized carbons (Fsp3) is 0.500. The second kappa shape index (κ2) is 5.82. The molecule has 2 atom stereocenters. The molecule has 1 aromatic rings. The lowest BCUT2D eigenvalue weighted by Crippen LogP contribution is -2.63. The van der Waals surface area contributed by atoms with Gasteiger partial charge in [0.1, 0.15) is 0 Å². The van der Waals surface area contributed by atoms with Crippen molar-refractivity contribution in [2.45, 2.75) is 44.9 Å². The van der Waals surface area contributed by atoms with Gasteiger partial charge in [0.15, 0.2) is 6.10 Å². The largest absolute Gasteiger partial charge is 0.362 e.